The van der Waals surface area contributed by atoms with E-state index in [1.165, 1.54) is 0 Å². The van der Waals surface area contributed by atoms with Crippen molar-refractivity contribution in [2.45, 2.75) is 6.92 Å². The first-order valence-electron chi connectivity index (χ1n) is 5.43. The molecular formula is C13H10N2O2S. The summed E-state index contributed by atoms with van der Waals surface area (Å²) in [6.45, 7) is 1.75. The van der Waals surface area contributed by atoms with E-state index < -0.39 is 5.97 Å². The van der Waals surface area contributed by atoms with E-state index in [0.717, 1.165) is 15.6 Å². The fraction of sp³-hybridized carbons (Fsp3) is 0.0769. The molecule has 0 saturated heterocycles. The minimum Gasteiger partial charge on any atom is -0.477 e. The molecule has 0 aliphatic heterocycles. The molecule has 0 fully saturated rings. The van der Waals surface area contributed by atoms with Crippen molar-refractivity contribution in [1.82, 2.24) is 9.97 Å². The van der Waals surface area contributed by atoms with Crippen LogP contribution >= 0.6 is 11.3 Å². The monoisotopic (exact) mass is 258 g/mol. The maximum Gasteiger partial charge on any atom is 0.354 e. The van der Waals surface area contributed by atoms with E-state index in [1.807, 2.05) is 29.6 Å². The maximum atomic E-state index is 11.2. The molecule has 18 heavy (non-hydrogen) atoms. The molecular weight excluding hydrogens is 248 g/mol. The minimum atomic E-state index is -0.985. The molecule has 3 rings (SSSR count). The number of carboxylic acid groups (broad SMARTS) is 1. The van der Waals surface area contributed by atoms with Crippen molar-refractivity contribution in [2.24, 2.45) is 0 Å². The number of hydrogen-bond acceptors (Lipinski definition) is 3. The summed E-state index contributed by atoms with van der Waals surface area (Å²) >= 11 is 1.59. The number of aromatic nitrogens is 2. The van der Waals surface area contributed by atoms with Gasteiger partial charge in [0.25, 0.3) is 0 Å². The fourth-order valence-electron chi connectivity index (χ4n) is 2.00. The molecule has 1 aromatic carbocycles. The van der Waals surface area contributed by atoms with Crippen LogP contribution in [0.4, 0.5) is 0 Å². The number of fused-ring (bicyclic) bond motifs is 1. The van der Waals surface area contributed by atoms with Crippen LogP contribution in [0.3, 0.4) is 0 Å². The molecule has 0 aliphatic carbocycles. The number of hydrogen-bond donors (Lipinski definition) is 2. The topological polar surface area (TPSA) is 66.0 Å². The van der Waals surface area contributed by atoms with Gasteiger partial charge in [-0.2, -0.15) is 0 Å². The molecule has 0 saturated carbocycles. The summed E-state index contributed by atoms with van der Waals surface area (Å²) in [4.78, 5) is 18.3. The Bertz CT molecular complexity index is 742. The second-order valence-corrected chi connectivity index (χ2v) is 4.91. The van der Waals surface area contributed by atoms with Gasteiger partial charge in [0.15, 0.2) is 5.69 Å². The predicted octanol–water partition coefficient (Wildman–Crippen LogP) is 3.30. The number of aromatic carboxylic acids is 1. The summed E-state index contributed by atoms with van der Waals surface area (Å²) in [5.74, 6) is -0.376. The van der Waals surface area contributed by atoms with Gasteiger partial charge in [0.2, 0.25) is 0 Å². The highest BCUT2D eigenvalue weighted by molar-refractivity contribution is 7.17. The fourth-order valence-corrected chi connectivity index (χ4v) is 2.95. The molecule has 0 spiro atoms. The minimum absolute atomic E-state index is 0.149. The Labute approximate surface area is 107 Å². The summed E-state index contributed by atoms with van der Waals surface area (Å²) in [5.41, 5.74) is 1.53. The van der Waals surface area contributed by atoms with Crippen molar-refractivity contribution in [1.29, 1.82) is 0 Å². The molecule has 2 heterocycles. The molecule has 0 atom stereocenters. The molecule has 0 radical (unpaired) electrons. The summed E-state index contributed by atoms with van der Waals surface area (Å²) in [6.07, 6.45) is 0. The van der Waals surface area contributed by atoms with Gasteiger partial charge in [-0.25, -0.2) is 9.78 Å². The molecule has 5 heteroatoms. The molecule has 0 aliphatic rings. The van der Waals surface area contributed by atoms with Gasteiger partial charge in [-0.15, -0.1) is 11.3 Å². The molecule has 2 aromatic heterocycles. The van der Waals surface area contributed by atoms with Gasteiger partial charge in [0.05, 0.1) is 0 Å². The van der Waals surface area contributed by atoms with Crippen LogP contribution in [0.2, 0.25) is 0 Å². The SMILES string of the molecule is Cc1nc(-c2csc3ccccc23)c(C(=O)O)[nH]1. The zero-order chi connectivity index (χ0) is 12.7. The average Bonchev–Trinajstić information content (AvgIpc) is 2.92. The smallest absolute Gasteiger partial charge is 0.354 e. The van der Waals surface area contributed by atoms with Crippen LogP contribution < -0.4 is 0 Å². The van der Waals surface area contributed by atoms with Gasteiger partial charge >= 0.3 is 5.97 Å². The number of imidazole rings is 1. The van der Waals surface area contributed by atoms with E-state index >= 15 is 0 Å². The van der Waals surface area contributed by atoms with Crippen LogP contribution in [-0.2, 0) is 0 Å². The number of nitrogens with one attached hydrogen (secondary N) is 1. The highest BCUT2D eigenvalue weighted by atomic mass is 32.1. The number of benzene rings is 1. The lowest BCUT2D eigenvalue weighted by Gasteiger charge is -1.97. The van der Waals surface area contributed by atoms with E-state index in [4.69, 9.17) is 0 Å². The van der Waals surface area contributed by atoms with E-state index in [9.17, 15) is 9.90 Å². The van der Waals surface area contributed by atoms with Crippen LogP contribution in [0.15, 0.2) is 29.6 Å². The lowest BCUT2D eigenvalue weighted by atomic mass is 10.1. The first kappa shape index (κ1) is 11.0. The number of carbonyl (C=O) groups is 1. The van der Waals surface area contributed by atoms with Crippen LogP contribution in [0.5, 0.6) is 0 Å². The third-order valence-corrected chi connectivity index (χ3v) is 3.74. The first-order valence-corrected chi connectivity index (χ1v) is 6.31. The number of carboxylic acids is 1. The van der Waals surface area contributed by atoms with Crippen molar-refractivity contribution in [2.75, 3.05) is 0 Å². The van der Waals surface area contributed by atoms with E-state index in [-0.39, 0.29) is 5.69 Å². The average molecular weight is 258 g/mol. The highest BCUT2D eigenvalue weighted by Crippen LogP contribution is 2.34. The van der Waals surface area contributed by atoms with Crippen molar-refractivity contribution >= 4 is 27.4 Å². The summed E-state index contributed by atoms with van der Waals surface area (Å²) < 4.78 is 1.13. The number of aromatic amines is 1. The van der Waals surface area contributed by atoms with Crippen molar-refractivity contribution in [3.8, 4) is 11.3 Å². The molecule has 90 valence electrons. The van der Waals surface area contributed by atoms with Gasteiger partial charge in [-0.3, -0.25) is 0 Å². The van der Waals surface area contributed by atoms with Crippen molar-refractivity contribution in [3.05, 3.63) is 41.2 Å². The molecule has 2 N–H and O–H groups in total. The predicted molar refractivity (Wildman–Crippen MR) is 71.1 cm³/mol. The van der Waals surface area contributed by atoms with Gasteiger partial charge in [-0.05, 0) is 13.0 Å². The lowest BCUT2D eigenvalue weighted by Crippen LogP contribution is -1.98. The zero-order valence-electron chi connectivity index (χ0n) is 9.60. The maximum absolute atomic E-state index is 11.2. The number of aryl methyl sites for hydroxylation is 1. The quantitative estimate of drug-likeness (QED) is 0.741. The molecule has 0 bridgehead atoms. The van der Waals surface area contributed by atoms with E-state index in [0.29, 0.717) is 11.5 Å². The normalized spacial score (nSPS) is 10.9. The zero-order valence-corrected chi connectivity index (χ0v) is 10.4. The van der Waals surface area contributed by atoms with Gasteiger partial charge < -0.3 is 10.1 Å². The molecule has 0 unspecified atom stereocenters. The van der Waals surface area contributed by atoms with Crippen LogP contribution in [-0.4, -0.2) is 21.0 Å². The molecule has 3 aromatic rings. The largest absolute Gasteiger partial charge is 0.477 e. The Balaban J connectivity index is 2.29. The summed E-state index contributed by atoms with van der Waals surface area (Å²) in [6, 6.07) is 7.91. The standard InChI is InChI=1S/C13H10N2O2S/c1-7-14-11(12(15-7)13(16)17)9-6-18-10-5-3-2-4-8(9)10/h2-6H,1H3,(H,14,15)(H,16,17). The number of H-pyrrole nitrogens is 1. The number of rotatable bonds is 2. The van der Waals surface area contributed by atoms with Gasteiger partial charge in [-0.1, -0.05) is 18.2 Å². The molecule has 0 amide bonds. The number of thiophene rings is 1. The second kappa shape index (κ2) is 3.96. The summed E-state index contributed by atoms with van der Waals surface area (Å²) in [7, 11) is 0. The second-order valence-electron chi connectivity index (χ2n) is 4.00. The molecule has 4 nitrogen and oxygen atoms in total. The third kappa shape index (κ3) is 1.60. The summed E-state index contributed by atoms with van der Waals surface area (Å²) in [5, 5.41) is 12.2. The Morgan fingerprint density at radius 1 is 1.39 bits per heavy atom. The van der Waals surface area contributed by atoms with E-state index in [2.05, 4.69) is 9.97 Å². The van der Waals surface area contributed by atoms with Crippen LogP contribution in [0.1, 0.15) is 16.3 Å². The number of nitrogens with zero attached hydrogens (tertiary/aromatic N) is 1. The Kier molecular flexibility index (Phi) is 2.41. The van der Waals surface area contributed by atoms with Gasteiger partial charge in [0, 0.05) is 21.0 Å². The highest BCUT2D eigenvalue weighted by Gasteiger charge is 2.19. The lowest BCUT2D eigenvalue weighted by molar-refractivity contribution is 0.0692. The van der Waals surface area contributed by atoms with Crippen LogP contribution in [0.25, 0.3) is 21.3 Å². The Hall–Kier alpha value is -2.14. The van der Waals surface area contributed by atoms with Crippen LogP contribution in [0, 0.1) is 6.92 Å². The van der Waals surface area contributed by atoms with E-state index in [1.54, 1.807) is 18.3 Å². The first-order chi connectivity index (χ1) is 8.66. The third-order valence-electron chi connectivity index (χ3n) is 2.77. The van der Waals surface area contributed by atoms with Gasteiger partial charge in [0.1, 0.15) is 11.5 Å². The van der Waals surface area contributed by atoms with Crippen molar-refractivity contribution in [3.63, 3.8) is 0 Å². The Morgan fingerprint density at radius 3 is 2.94 bits per heavy atom. The Morgan fingerprint density at radius 2 is 2.17 bits per heavy atom. The van der Waals surface area contributed by atoms with Crippen molar-refractivity contribution < 1.29 is 9.90 Å².